The highest BCUT2D eigenvalue weighted by molar-refractivity contribution is 5.98. The van der Waals surface area contributed by atoms with Gasteiger partial charge in [-0.2, -0.15) is 0 Å². The molecule has 0 aliphatic carbocycles. The molecule has 0 saturated carbocycles. The van der Waals surface area contributed by atoms with E-state index in [-0.39, 0.29) is 13.0 Å². The predicted molar refractivity (Wildman–Crippen MR) is 74.9 cm³/mol. The van der Waals surface area contributed by atoms with E-state index in [1.54, 1.807) is 30.5 Å². The Hall–Kier alpha value is -2.77. The largest absolute Gasteiger partial charge is 0.368 e. The van der Waals surface area contributed by atoms with Crippen LogP contribution in [0, 0.1) is 0 Å². The molecule has 1 fully saturated rings. The van der Waals surface area contributed by atoms with Crippen molar-refractivity contribution in [2.24, 2.45) is 5.73 Å². The van der Waals surface area contributed by atoms with Crippen LogP contribution < -0.4 is 5.73 Å². The number of carbonyl (C=O) groups is 2. The van der Waals surface area contributed by atoms with E-state index < -0.39 is 24.0 Å². The molecule has 0 spiro atoms. The van der Waals surface area contributed by atoms with Gasteiger partial charge in [-0.05, 0) is 18.2 Å². The summed E-state index contributed by atoms with van der Waals surface area (Å²) in [5.74, 6) is -1.12. The van der Waals surface area contributed by atoms with Gasteiger partial charge in [0.2, 0.25) is 5.91 Å². The Bertz CT molecular complexity index is 703. The quantitative estimate of drug-likeness (QED) is 0.882. The van der Waals surface area contributed by atoms with Crippen LogP contribution >= 0.6 is 0 Å². The maximum atomic E-state index is 13.5. The lowest BCUT2D eigenvalue weighted by atomic mass is 10.1. The summed E-state index contributed by atoms with van der Waals surface area (Å²) < 4.78 is 15.0. The number of amides is 2. The standard InChI is InChI=1S/C14H14FN5O2/c15-10-7-12(13(16)21)19(8-10)14(22)9-2-1-3-11(6-9)20-5-4-17-18-20/h1-6,10,12H,7-8H2,(H2,16,21)/t10-,12+/m1/s1. The van der Waals surface area contributed by atoms with Crippen molar-refractivity contribution in [3.05, 3.63) is 42.2 Å². The van der Waals surface area contributed by atoms with Crippen molar-refractivity contribution in [1.82, 2.24) is 19.9 Å². The minimum Gasteiger partial charge on any atom is -0.368 e. The monoisotopic (exact) mass is 303 g/mol. The van der Waals surface area contributed by atoms with Crippen LogP contribution in [0.1, 0.15) is 16.8 Å². The van der Waals surface area contributed by atoms with Gasteiger partial charge in [-0.3, -0.25) is 9.59 Å². The van der Waals surface area contributed by atoms with Gasteiger partial charge in [0, 0.05) is 12.0 Å². The van der Waals surface area contributed by atoms with Crippen molar-refractivity contribution in [3.8, 4) is 5.69 Å². The number of nitrogens with zero attached hydrogens (tertiary/aromatic N) is 4. The second-order valence-corrected chi connectivity index (χ2v) is 5.11. The third-order valence-electron chi connectivity index (χ3n) is 3.62. The molecule has 1 aliphatic rings. The molecule has 0 radical (unpaired) electrons. The van der Waals surface area contributed by atoms with E-state index in [4.69, 9.17) is 5.73 Å². The summed E-state index contributed by atoms with van der Waals surface area (Å²) in [5.41, 5.74) is 6.24. The minimum atomic E-state index is -1.24. The highest BCUT2D eigenvalue weighted by Gasteiger charge is 2.39. The number of benzene rings is 1. The predicted octanol–water partition coefficient (Wildman–Crippen LogP) is 0.305. The number of alkyl halides is 1. The Morgan fingerprint density at radius 1 is 1.36 bits per heavy atom. The van der Waals surface area contributed by atoms with Crippen LogP contribution in [0.15, 0.2) is 36.7 Å². The molecule has 2 aromatic rings. The summed E-state index contributed by atoms with van der Waals surface area (Å²) in [5, 5.41) is 7.55. The lowest BCUT2D eigenvalue weighted by Crippen LogP contribution is -2.43. The van der Waals surface area contributed by atoms with Crippen molar-refractivity contribution in [2.45, 2.75) is 18.6 Å². The maximum absolute atomic E-state index is 13.5. The number of halogens is 1. The fourth-order valence-corrected chi connectivity index (χ4v) is 2.57. The van der Waals surface area contributed by atoms with Gasteiger partial charge in [-0.25, -0.2) is 9.07 Å². The van der Waals surface area contributed by atoms with Crippen molar-refractivity contribution >= 4 is 11.8 Å². The highest BCUT2D eigenvalue weighted by Crippen LogP contribution is 2.23. The normalized spacial score (nSPS) is 21.0. The minimum absolute atomic E-state index is 0.0517. The van der Waals surface area contributed by atoms with Crippen molar-refractivity contribution in [2.75, 3.05) is 6.54 Å². The van der Waals surface area contributed by atoms with Crippen LogP contribution in [0.4, 0.5) is 4.39 Å². The first-order valence-electron chi connectivity index (χ1n) is 6.77. The second kappa shape index (κ2) is 5.55. The van der Waals surface area contributed by atoms with Crippen LogP contribution in [0.3, 0.4) is 0 Å². The van der Waals surface area contributed by atoms with Gasteiger partial charge >= 0.3 is 0 Å². The van der Waals surface area contributed by atoms with E-state index >= 15 is 0 Å². The number of carbonyl (C=O) groups excluding carboxylic acids is 2. The van der Waals surface area contributed by atoms with Gasteiger partial charge in [-0.1, -0.05) is 11.3 Å². The van der Waals surface area contributed by atoms with Gasteiger partial charge in [0.1, 0.15) is 12.2 Å². The summed E-state index contributed by atoms with van der Waals surface area (Å²) in [6, 6.07) is 5.76. The number of primary amides is 1. The lowest BCUT2D eigenvalue weighted by molar-refractivity contribution is -0.121. The molecular weight excluding hydrogens is 289 g/mol. The molecule has 8 heteroatoms. The zero-order valence-electron chi connectivity index (χ0n) is 11.6. The zero-order chi connectivity index (χ0) is 15.7. The molecule has 2 amide bonds. The topological polar surface area (TPSA) is 94.1 Å². The highest BCUT2D eigenvalue weighted by atomic mass is 19.1. The molecule has 0 unspecified atom stereocenters. The Labute approximate surface area is 125 Å². The number of likely N-dealkylation sites (tertiary alicyclic amines) is 1. The second-order valence-electron chi connectivity index (χ2n) is 5.11. The van der Waals surface area contributed by atoms with Crippen molar-refractivity contribution < 1.29 is 14.0 Å². The molecule has 7 nitrogen and oxygen atoms in total. The fourth-order valence-electron chi connectivity index (χ4n) is 2.57. The zero-order valence-corrected chi connectivity index (χ0v) is 11.6. The Morgan fingerprint density at radius 3 is 2.86 bits per heavy atom. The maximum Gasteiger partial charge on any atom is 0.254 e. The van der Waals surface area contributed by atoms with Crippen LogP contribution in [-0.4, -0.2) is 50.5 Å². The molecule has 3 rings (SSSR count). The van der Waals surface area contributed by atoms with Gasteiger partial charge in [0.15, 0.2) is 0 Å². The molecule has 1 aromatic carbocycles. The fraction of sp³-hybridized carbons (Fsp3) is 0.286. The SMILES string of the molecule is NC(=O)[C@@H]1C[C@@H](F)CN1C(=O)c1cccc(-n2ccnn2)c1. The summed E-state index contributed by atoms with van der Waals surface area (Å²) in [7, 11) is 0. The molecule has 1 aromatic heterocycles. The first-order valence-corrected chi connectivity index (χ1v) is 6.77. The van der Waals surface area contributed by atoms with E-state index in [0.29, 0.717) is 11.3 Å². The third kappa shape index (κ3) is 2.54. The van der Waals surface area contributed by atoms with E-state index in [2.05, 4.69) is 10.3 Å². The summed E-state index contributed by atoms with van der Waals surface area (Å²) >= 11 is 0. The van der Waals surface area contributed by atoms with Gasteiger partial charge in [0.05, 0.1) is 24.6 Å². The van der Waals surface area contributed by atoms with Crippen LogP contribution in [0.2, 0.25) is 0 Å². The number of hydrogen-bond donors (Lipinski definition) is 1. The van der Waals surface area contributed by atoms with Crippen LogP contribution in [0.5, 0.6) is 0 Å². The van der Waals surface area contributed by atoms with Gasteiger partial charge in [0.25, 0.3) is 5.91 Å². The molecule has 1 saturated heterocycles. The smallest absolute Gasteiger partial charge is 0.254 e. The van der Waals surface area contributed by atoms with Crippen molar-refractivity contribution in [3.63, 3.8) is 0 Å². The Morgan fingerprint density at radius 2 is 2.18 bits per heavy atom. The summed E-state index contributed by atoms with van der Waals surface area (Å²) in [6.07, 6.45) is 1.87. The Kier molecular flexibility index (Phi) is 3.58. The van der Waals surface area contributed by atoms with Gasteiger partial charge in [-0.15, -0.1) is 5.10 Å². The number of aromatic nitrogens is 3. The number of rotatable bonds is 3. The van der Waals surface area contributed by atoms with E-state index in [9.17, 15) is 14.0 Å². The first-order chi connectivity index (χ1) is 10.6. The summed E-state index contributed by atoms with van der Waals surface area (Å²) in [4.78, 5) is 25.1. The molecule has 1 aliphatic heterocycles. The van der Waals surface area contributed by atoms with E-state index in [1.165, 1.54) is 15.8 Å². The summed E-state index contributed by atoms with van der Waals surface area (Å²) in [6.45, 7) is -0.125. The number of hydrogen-bond acceptors (Lipinski definition) is 4. The molecular formula is C14H14FN5O2. The van der Waals surface area contributed by atoms with Crippen LogP contribution in [0.25, 0.3) is 5.69 Å². The Balaban J connectivity index is 1.89. The van der Waals surface area contributed by atoms with Crippen LogP contribution in [-0.2, 0) is 4.79 Å². The molecule has 0 bridgehead atoms. The molecule has 114 valence electrons. The molecule has 22 heavy (non-hydrogen) atoms. The molecule has 2 atom stereocenters. The lowest BCUT2D eigenvalue weighted by Gasteiger charge is -2.22. The molecule has 2 heterocycles. The van der Waals surface area contributed by atoms with Gasteiger partial charge < -0.3 is 10.6 Å². The average Bonchev–Trinajstić information content (AvgIpc) is 3.16. The van der Waals surface area contributed by atoms with E-state index in [1.807, 2.05) is 0 Å². The van der Waals surface area contributed by atoms with E-state index in [0.717, 1.165) is 0 Å². The average molecular weight is 303 g/mol. The third-order valence-corrected chi connectivity index (χ3v) is 3.62. The first kappa shape index (κ1) is 14.2. The number of nitrogens with two attached hydrogens (primary N) is 1. The molecule has 2 N–H and O–H groups in total. The van der Waals surface area contributed by atoms with Crippen molar-refractivity contribution in [1.29, 1.82) is 0 Å².